The normalized spacial score (nSPS) is 59.8. The third-order valence-corrected chi connectivity index (χ3v) is 9.56. The van der Waals surface area contributed by atoms with E-state index in [0.717, 1.165) is 43.9 Å². The first-order chi connectivity index (χ1) is 11.2. The van der Waals surface area contributed by atoms with Crippen LogP contribution in [0.3, 0.4) is 0 Å². The number of terminal acetylenes is 1. The third-order valence-electron chi connectivity index (χ3n) is 9.56. The first-order valence-electron chi connectivity index (χ1n) is 10.1. The van der Waals surface area contributed by atoms with E-state index in [4.69, 9.17) is 6.42 Å². The van der Waals surface area contributed by atoms with Gasteiger partial charge >= 0.3 is 0 Å². The zero-order valence-corrected chi connectivity index (χ0v) is 15.6. The van der Waals surface area contributed by atoms with Gasteiger partial charge in [0.05, 0.1) is 5.60 Å². The Labute approximate surface area is 147 Å². The van der Waals surface area contributed by atoms with Crippen molar-refractivity contribution in [3.8, 4) is 12.3 Å². The van der Waals surface area contributed by atoms with Crippen LogP contribution in [0.1, 0.15) is 78.6 Å². The fourth-order valence-corrected chi connectivity index (χ4v) is 7.62. The molecule has 0 aromatic carbocycles. The van der Waals surface area contributed by atoms with E-state index in [1.165, 1.54) is 25.7 Å². The lowest BCUT2D eigenvalue weighted by Gasteiger charge is -2.62. The lowest BCUT2D eigenvalue weighted by molar-refractivity contribution is -0.159. The molecule has 4 aliphatic carbocycles. The molecule has 0 unspecified atom stereocenters. The average Bonchev–Trinajstić information content (AvgIpc) is 2.78. The topological polar surface area (TPSA) is 40.5 Å². The molecule has 0 bridgehead atoms. The first-order valence-corrected chi connectivity index (χ1v) is 10.1. The van der Waals surface area contributed by atoms with Crippen molar-refractivity contribution >= 4 is 0 Å². The maximum atomic E-state index is 11.0. The summed E-state index contributed by atoms with van der Waals surface area (Å²) in [7, 11) is 0. The predicted molar refractivity (Wildman–Crippen MR) is 96.1 cm³/mol. The van der Waals surface area contributed by atoms with Crippen LogP contribution in [0.4, 0.5) is 0 Å². The van der Waals surface area contributed by atoms with Crippen molar-refractivity contribution in [2.24, 2.45) is 34.5 Å². The van der Waals surface area contributed by atoms with E-state index in [2.05, 4.69) is 26.7 Å². The number of hydrogen-bond acceptors (Lipinski definition) is 2. The molecule has 134 valence electrons. The van der Waals surface area contributed by atoms with Gasteiger partial charge in [0.15, 0.2) is 0 Å². The molecule has 0 aromatic heterocycles. The Hall–Kier alpha value is -0.520. The van der Waals surface area contributed by atoms with Crippen molar-refractivity contribution in [3.63, 3.8) is 0 Å². The Bertz CT molecular complexity index is 575. The molecule has 4 saturated carbocycles. The zero-order valence-electron chi connectivity index (χ0n) is 15.6. The van der Waals surface area contributed by atoms with Crippen LogP contribution in [0.25, 0.3) is 0 Å². The van der Waals surface area contributed by atoms with Gasteiger partial charge < -0.3 is 10.2 Å². The van der Waals surface area contributed by atoms with Gasteiger partial charge in [-0.2, -0.15) is 0 Å². The van der Waals surface area contributed by atoms with Crippen molar-refractivity contribution < 1.29 is 10.2 Å². The predicted octanol–water partition coefficient (Wildman–Crippen LogP) is 4.14. The fourth-order valence-electron chi connectivity index (χ4n) is 7.62. The van der Waals surface area contributed by atoms with Crippen molar-refractivity contribution in [2.75, 3.05) is 0 Å². The molecule has 0 aliphatic heterocycles. The second-order valence-corrected chi connectivity index (χ2v) is 10.3. The minimum absolute atomic E-state index is 0.103. The van der Waals surface area contributed by atoms with Crippen LogP contribution in [-0.4, -0.2) is 21.4 Å². The SMILES string of the molecule is C#C[C@]1(O)CC[C@@]2(C)[C@@H](CC[C@H]3[C@H]2CC[C@]2(C)[C@@H]3CC[C@]2(C)O)C1. The van der Waals surface area contributed by atoms with E-state index in [0.29, 0.717) is 17.3 Å². The highest BCUT2D eigenvalue weighted by Crippen LogP contribution is 2.68. The van der Waals surface area contributed by atoms with Crippen LogP contribution in [0.15, 0.2) is 0 Å². The lowest BCUT2D eigenvalue weighted by Crippen LogP contribution is -2.57. The van der Waals surface area contributed by atoms with Gasteiger partial charge in [0.2, 0.25) is 0 Å². The summed E-state index contributed by atoms with van der Waals surface area (Å²) in [5, 5.41) is 21.6. The standard InChI is InChI=1S/C22H34O2/c1-5-22(24)13-12-19(2)15(14-22)6-7-16-17(19)8-10-20(3)18(16)9-11-21(20,4)23/h1,15-18,23-24H,6-14H2,2-4H3/t15-,16-,17+,18+,19-,20+,21-,22-/m0/s1. The van der Waals surface area contributed by atoms with Crippen LogP contribution in [0.5, 0.6) is 0 Å². The van der Waals surface area contributed by atoms with E-state index in [1.807, 2.05) is 0 Å². The molecular weight excluding hydrogens is 296 g/mol. The molecule has 0 aromatic rings. The second-order valence-electron chi connectivity index (χ2n) is 10.3. The van der Waals surface area contributed by atoms with Gasteiger partial charge in [0.25, 0.3) is 0 Å². The highest BCUT2D eigenvalue weighted by molar-refractivity contribution is 5.17. The number of rotatable bonds is 0. The molecule has 0 spiro atoms. The average molecular weight is 331 g/mol. The van der Waals surface area contributed by atoms with Gasteiger partial charge in [0.1, 0.15) is 5.60 Å². The van der Waals surface area contributed by atoms with Crippen molar-refractivity contribution in [2.45, 2.75) is 89.8 Å². The molecule has 0 heterocycles. The minimum Gasteiger partial charge on any atom is -0.390 e. The van der Waals surface area contributed by atoms with Crippen molar-refractivity contribution in [1.29, 1.82) is 0 Å². The van der Waals surface area contributed by atoms with Gasteiger partial charge in [-0.3, -0.25) is 0 Å². The summed E-state index contributed by atoms with van der Waals surface area (Å²) < 4.78 is 0. The molecular formula is C22H34O2. The van der Waals surface area contributed by atoms with Crippen LogP contribution >= 0.6 is 0 Å². The second kappa shape index (κ2) is 5.01. The summed E-state index contributed by atoms with van der Waals surface area (Å²) in [5.41, 5.74) is -0.915. The zero-order chi connectivity index (χ0) is 17.4. The highest BCUT2D eigenvalue weighted by atomic mass is 16.3. The largest absolute Gasteiger partial charge is 0.390 e. The summed E-state index contributed by atoms with van der Waals surface area (Å²) in [6, 6.07) is 0. The van der Waals surface area contributed by atoms with E-state index in [-0.39, 0.29) is 5.41 Å². The summed E-state index contributed by atoms with van der Waals surface area (Å²) >= 11 is 0. The minimum atomic E-state index is -0.864. The van der Waals surface area contributed by atoms with Crippen molar-refractivity contribution in [3.05, 3.63) is 0 Å². The molecule has 4 fully saturated rings. The summed E-state index contributed by atoms with van der Waals surface area (Å²) in [6.07, 6.45) is 15.3. The fraction of sp³-hybridized carbons (Fsp3) is 0.909. The summed E-state index contributed by atoms with van der Waals surface area (Å²) in [4.78, 5) is 0. The van der Waals surface area contributed by atoms with E-state index < -0.39 is 11.2 Å². The Morgan fingerprint density at radius 1 is 0.875 bits per heavy atom. The van der Waals surface area contributed by atoms with Crippen LogP contribution in [0.2, 0.25) is 0 Å². The van der Waals surface area contributed by atoms with Crippen LogP contribution in [-0.2, 0) is 0 Å². The van der Waals surface area contributed by atoms with Gasteiger partial charge in [-0.25, -0.2) is 0 Å². The molecule has 0 radical (unpaired) electrons. The monoisotopic (exact) mass is 330 g/mol. The Balaban J connectivity index is 1.62. The van der Waals surface area contributed by atoms with Gasteiger partial charge in [-0.1, -0.05) is 19.8 Å². The quantitative estimate of drug-likeness (QED) is 0.655. The molecule has 2 heteroatoms. The molecule has 4 aliphatic rings. The van der Waals surface area contributed by atoms with Gasteiger partial charge in [0, 0.05) is 0 Å². The van der Waals surface area contributed by atoms with E-state index in [9.17, 15) is 10.2 Å². The summed E-state index contributed by atoms with van der Waals surface area (Å²) in [6.45, 7) is 6.92. The van der Waals surface area contributed by atoms with Crippen LogP contribution in [0, 0.1) is 46.8 Å². The van der Waals surface area contributed by atoms with E-state index in [1.54, 1.807) is 0 Å². The lowest BCUT2D eigenvalue weighted by atomic mass is 9.43. The highest BCUT2D eigenvalue weighted by Gasteiger charge is 2.63. The third kappa shape index (κ3) is 2.04. The Morgan fingerprint density at radius 3 is 2.29 bits per heavy atom. The molecule has 8 atom stereocenters. The first kappa shape index (κ1) is 16.9. The summed E-state index contributed by atoms with van der Waals surface area (Å²) in [5.74, 6) is 5.44. The van der Waals surface area contributed by atoms with E-state index >= 15 is 0 Å². The molecule has 2 nitrogen and oxygen atoms in total. The Kier molecular flexibility index (Phi) is 3.54. The number of aliphatic hydroxyl groups is 2. The molecule has 4 rings (SSSR count). The van der Waals surface area contributed by atoms with Crippen molar-refractivity contribution in [1.82, 2.24) is 0 Å². The molecule has 24 heavy (non-hydrogen) atoms. The van der Waals surface area contributed by atoms with Gasteiger partial charge in [-0.05, 0) is 99.2 Å². The maximum absolute atomic E-state index is 11.0. The Morgan fingerprint density at radius 2 is 1.58 bits per heavy atom. The number of hydrogen-bond donors (Lipinski definition) is 2. The van der Waals surface area contributed by atoms with Gasteiger partial charge in [-0.15, -0.1) is 6.42 Å². The molecule has 2 N–H and O–H groups in total. The molecule has 0 saturated heterocycles. The van der Waals surface area contributed by atoms with Crippen LogP contribution < -0.4 is 0 Å². The molecule has 0 amide bonds. The smallest absolute Gasteiger partial charge is 0.125 e. The number of fused-ring (bicyclic) bond motifs is 5. The maximum Gasteiger partial charge on any atom is 0.125 e.